The van der Waals surface area contributed by atoms with Crippen LogP contribution in [-0.4, -0.2) is 4.57 Å². The first-order chi connectivity index (χ1) is 25.8. The van der Waals surface area contributed by atoms with Gasteiger partial charge in [-0.1, -0.05) is 158 Å². The molecule has 0 N–H and O–H groups in total. The monoisotopic (exact) mass is 662 g/mol. The predicted molar refractivity (Wildman–Crippen MR) is 221 cm³/mol. The zero-order valence-corrected chi connectivity index (χ0v) is 28.5. The largest absolute Gasteiger partial charge is 0.310 e. The normalized spacial score (nSPS) is 11.5. The van der Waals surface area contributed by atoms with E-state index in [0.717, 1.165) is 22.7 Å². The molecule has 0 atom stereocenters. The van der Waals surface area contributed by atoms with Gasteiger partial charge in [0, 0.05) is 33.4 Å². The fourth-order valence-corrected chi connectivity index (χ4v) is 8.00. The Morgan fingerprint density at radius 1 is 0.327 bits per heavy atom. The summed E-state index contributed by atoms with van der Waals surface area (Å²) in [5.41, 5.74) is 11.6. The third-order valence-electron chi connectivity index (χ3n) is 10.4. The Labute approximate surface area is 303 Å². The molecule has 1 heterocycles. The van der Waals surface area contributed by atoms with E-state index in [9.17, 15) is 0 Å². The molecule has 0 aliphatic carbocycles. The highest BCUT2D eigenvalue weighted by molar-refractivity contribution is 6.13. The van der Waals surface area contributed by atoms with Crippen molar-refractivity contribution in [3.05, 3.63) is 206 Å². The number of nitrogens with zero attached hydrogens (tertiary/aromatic N) is 2. The molecule has 0 radical (unpaired) electrons. The van der Waals surface area contributed by atoms with Gasteiger partial charge in [0.25, 0.3) is 0 Å². The van der Waals surface area contributed by atoms with Crippen molar-refractivity contribution < 1.29 is 0 Å². The Morgan fingerprint density at radius 2 is 0.923 bits per heavy atom. The van der Waals surface area contributed by atoms with Crippen LogP contribution in [0.3, 0.4) is 0 Å². The lowest BCUT2D eigenvalue weighted by Crippen LogP contribution is -2.12. The molecule has 9 aromatic carbocycles. The minimum Gasteiger partial charge on any atom is -0.310 e. The number of benzene rings is 9. The van der Waals surface area contributed by atoms with Gasteiger partial charge in [-0.25, -0.2) is 0 Å². The van der Waals surface area contributed by atoms with Gasteiger partial charge in [-0.15, -0.1) is 0 Å². The van der Waals surface area contributed by atoms with Crippen molar-refractivity contribution >= 4 is 60.4 Å². The van der Waals surface area contributed by atoms with Gasteiger partial charge in [-0.05, 0) is 86.8 Å². The molecule has 0 aliphatic heterocycles. The summed E-state index contributed by atoms with van der Waals surface area (Å²) in [7, 11) is 0. The van der Waals surface area contributed by atoms with Crippen molar-refractivity contribution in [2.24, 2.45) is 0 Å². The lowest BCUT2D eigenvalue weighted by atomic mass is 9.93. The minimum absolute atomic E-state index is 1.09. The summed E-state index contributed by atoms with van der Waals surface area (Å²) in [6.45, 7) is 0. The lowest BCUT2D eigenvalue weighted by Gasteiger charge is -2.29. The van der Waals surface area contributed by atoms with Gasteiger partial charge >= 0.3 is 0 Å². The summed E-state index contributed by atoms with van der Waals surface area (Å²) in [5, 5.41) is 7.54. The van der Waals surface area contributed by atoms with E-state index in [1.54, 1.807) is 0 Å². The van der Waals surface area contributed by atoms with E-state index in [1.807, 2.05) is 0 Å². The van der Waals surface area contributed by atoms with Crippen LogP contribution in [-0.2, 0) is 0 Å². The second-order valence-corrected chi connectivity index (χ2v) is 13.3. The standard InChI is InChI=1S/C50H34N2/c1-2-14-35(15-3-1)36-28-31-38(32-29-36)51(39-17-12-18-40(34-39)52-49-26-10-7-21-46(49)47-22-8-11-27-50(47)52)48-25-9-6-20-45(48)43-24-13-23-42-41-19-5-4-16-37(41)30-33-44(42)43/h1-34H. The Morgan fingerprint density at radius 3 is 1.71 bits per heavy atom. The highest BCUT2D eigenvalue weighted by atomic mass is 15.1. The third-order valence-corrected chi connectivity index (χ3v) is 10.4. The molecule has 10 rings (SSSR count). The van der Waals surface area contributed by atoms with Crippen LogP contribution in [0.4, 0.5) is 17.1 Å². The second-order valence-electron chi connectivity index (χ2n) is 13.3. The quantitative estimate of drug-likeness (QED) is 0.161. The van der Waals surface area contributed by atoms with Gasteiger partial charge in [0.2, 0.25) is 0 Å². The van der Waals surface area contributed by atoms with Crippen molar-refractivity contribution in [2.45, 2.75) is 0 Å². The second kappa shape index (κ2) is 12.5. The van der Waals surface area contributed by atoms with Gasteiger partial charge < -0.3 is 9.47 Å². The van der Waals surface area contributed by atoms with Crippen molar-refractivity contribution in [1.82, 2.24) is 4.57 Å². The molecule has 52 heavy (non-hydrogen) atoms. The van der Waals surface area contributed by atoms with Gasteiger partial charge in [-0.3, -0.25) is 0 Å². The SMILES string of the molecule is c1ccc(-c2ccc(N(c3cccc(-n4c5ccccc5c5ccccc54)c3)c3ccccc3-c3cccc4c3ccc3ccccc34)cc2)cc1. The van der Waals surface area contributed by atoms with Crippen LogP contribution in [0, 0.1) is 0 Å². The number of anilines is 3. The van der Waals surface area contributed by atoms with Gasteiger partial charge in [-0.2, -0.15) is 0 Å². The van der Waals surface area contributed by atoms with Crippen molar-refractivity contribution in [1.29, 1.82) is 0 Å². The highest BCUT2D eigenvalue weighted by Crippen LogP contribution is 2.44. The summed E-state index contributed by atoms with van der Waals surface area (Å²) in [6, 6.07) is 74.7. The zero-order chi connectivity index (χ0) is 34.4. The summed E-state index contributed by atoms with van der Waals surface area (Å²) < 4.78 is 2.40. The summed E-state index contributed by atoms with van der Waals surface area (Å²) in [4.78, 5) is 2.42. The van der Waals surface area contributed by atoms with E-state index in [2.05, 4.69) is 216 Å². The average Bonchev–Trinajstić information content (AvgIpc) is 3.56. The van der Waals surface area contributed by atoms with Gasteiger partial charge in [0.05, 0.1) is 16.7 Å². The van der Waals surface area contributed by atoms with Crippen LogP contribution in [0.1, 0.15) is 0 Å². The maximum absolute atomic E-state index is 2.42. The molecule has 0 bridgehead atoms. The minimum atomic E-state index is 1.09. The van der Waals surface area contributed by atoms with Gasteiger partial charge in [0.15, 0.2) is 0 Å². The zero-order valence-electron chi connectivity index (χ0n) is 28.5. The van der Waals surface area contributed by atoms with E-state index in [-0.39, 0.29) is 0 Å². The van der Waals surface area contributed by atoms with E-state index < -0.39 is 0 Å². The van der Waals surface area contributed by atoms with Crippen LogP contribution in [0.15, 0.2) is 206 Å². The van der Waals surface area contributed by atoms with Crippen LogP contribution in [0.25, 0.3) is 71.3 Å². The molecule has 1 aromatic heterocycles. The molecule has 0 saturated heterocycles. The Hall–Kier alpha value is -6.90. The first-order valence-corrected chi connectivity index (χ1v) is 17.9. The number of fused-ring (bicyclic) bond motifs is 6. The predicted octanol–water partition coefficient (Wildman–Crippen LogP) is 13.9. The lowest BCUT2D eigenvalue weighted by molar-refractivity contribution is 1.17. The molecule has 0 spiro atoms. The Kier molecular flexibility index (Phi) is 7.18. The van der Waals surface area contributed by atoms with Crippen molar-refractivity contribution in [2.75, 3.05) is 4.90 Å². The molecule has 244 valence electrons. The number of aromatic nitrogens is 1. The van der Waals surface area contributed by atoms with Crippen LogP contribution in [0.2, 0.25) is 0 Å². The Bertz CT molecular complexity index is 2850. The maximum atomic E-state index is 2.42. The van der Waals surface area contributed by atoms with Crippen LogP contribution < -0.4 is 4.90 Å². The van der Waals surface area contributed by atoms with Crippen LogP contribution >= 0.6 is 0 Å². The van der Waals surface area contributed by atoms with Crippen molar-refractivity contribution in [3.63, 3.8) is 0 Å². The molecule has 0 aliphatic rings. The Balaban J connectivity index is 1.20. The van der Waals surface area contributed by atoms with E-state index in [0.29, 0.717) is 0 Å². The number of para-hydroxylation sites is 3. The van der Waals surface area contributed by atoms with E-state index in [4.69, 9.17) is 0 Å². The molecule has 0 fully saturated rings. The summed E-state index contributed by atoms with van der Waals surface area (Å²) >= 11 is 0. The summed E-state index contributed by atoms with van der Waals surface area (Å²) in [5.74, 6) is 0. The third kappa shape index (κ3) is 4.96. The molecule has 0 unspecified atom stereocenters. The van der Waals surface area contributed by atoms with Crippen molar-refractivity contribution in [3.8, 4) is 27.9 Å². The number of hydrogen-bond donors (Lipinski definition) is 0. The fourth-order valence-electron chi connectivity index (χ4n) is 8.00. The highest BCUT2D eigenvalue weighted by Gasteiger charge is 2.20. The van der Waals surface area contributed by atoms with Crippen LogP contribution in [0.5, 0.6) is 0 Å². The molecule has 2 heteroatoms. The number of rotatable bonds is 6. The molecular weight excluding hydrogens is 629 g/mol. The summed E-state index contributed by atoms with van der Waals surface area (Å²) in [6.07, 6.45) is 0. The van der Waals surface area contributed by atoms with Gasteiger partial charge in [0.1, 0.15) is 0 Å². The first-order valence-electron chi connectivity index (χ1n) is 17.9. The number of hydrogen-bond acceptors (Lipinski definition) is 1. The molecule has 2 nitrogen and oxygen atoms in total. The topological polar surface area (TPSA) is 8.17 Å². The fraction of sp³-hybridized carbons (Fsp3) is 0. The molecular formula is C50H34N2. The maximum Gasteiger partial charge on any atom is 0.0541 e. The van der Waals surface area contributed by atoms with E-state index in [1.165, 1.54) is 65.6 Å². The van der Waals surface area contributed by atoms with E-state index >= 15 is 0 Å². The molecule has 10 aromatic rings. The smallest absolute Gasteiger partial charge is 0.0541 e. The molecule has 0 saturated carbocycles. The molecule has 0 amide bonds. The average molecular weight is 663 g/mol. The first kappa shape index (κ1) is 30.0.